The first-order valence-electron chi connectivity index (χ1n) is 6.87. The number of ether oxygens (including phenoxy) is 1. The lowest BCUT2D eigenvalue weighted by atomic mass is 9.81. The normalized spacial score (nSPS) is 26.3. The summed E-state index contributed by atoms with van der Waals surface area (Å²) < 4.78 is 5.98. The molecule has 2 fully saturated rings. The lowest BCUT2D eigenvalue weighted by molar-refractivity contribution is -0.0866. The fraction of sp³-hybridized carbons (Fsp3) is 0.600. The first-order chi connectivity index (χ1) is 8.79. The molecule has 1 spiro atoms. The van der Waals surface area contributed by atoms with Gasteiger partial charge in [-0.1, -0.05) is 12.8 Å². The van der Waals surface area contributed by atoms with Gasteiger partial charge in [0.1, 0.15) is 0 Å². The Balaban J connectivity index is 1.74. The quantitative estimate of drug-likeness (QED) is 0.752. The fourth-order valence-electron chi connectivity index (χ4n) is 3.37. The molecule has 1 unspecified atom stereocenters. The third-order valence-corrected chi connectivity index (χ3v) is 4.34. The van der Waals surface area contributed by atoms with Gasteiger partial charge in [-0.15, -0.1) is 0 Å². The van der Waals surface area contributed by atoms with Gasteiger partial charge in [0.15, 0.2) is 5.78 Å². The minimum absolute atomic E-state index is 0.0195. The van der Waals surface area contributed by atoms with Crippen molar-refractivity contribution in [1.82, 2.24) is 4.98 Å². The van der Waals surface area contributed by atoms with E-state index < -0.39 is 0 Å². The fourth-order valence-corrected chi connectivity index (χ4v) is 3.37. The van der Waals surface area contributed by atoms with E-state index in [-0.39, 0.29) is 17.3 Å². The van der Waals surface area contributed by atoms with Crippen molar-refractivity contribution in [2.24, 2.45) is 5.92 Å². The van der Waals surface area contributed by atoms with E-state index in [4.69, 9.17) is 4.74 Å². The number of carbonyl (C=O) groups excluding carboxylic acids is 1. The second-order valence-corrected chi connectivity index (χ2v) is 5.53. The molecule has 1 aliphatic heterocycles. The van der Waals surface area contributed by atoms with Crippen LogP contribution in [0.1, 0.15) is 48.9 Å². The third-order valence-electron chi connectivity index (χ3n) is 4.34. The van der Waals surface area contributed by atoms with Gasteiger partial charge in [0.25, 0.3) is 0 Å². The summed E-state index contributed by atoms with van der Waals surface area (Å²) in [5.41, 5.74) is 0.816. The van der Waals surface area contributed by atoms with E-state index in [0.29, 0.717) is 0 Å². The Morgan fingerprint density at radius 2 is 2.00 bits per heavy atom. The van der Waals surface area contributed by atoms with Crippen molar-refractivity contribution in [3.05, 3.63) is 30.1 Å². The summed E-state index contributed by atoms with van der Waals surface area (Å²) in [6.45, 7) is 0.738. The summed E-state index contributed by atoms with van der Waals surface area (Å²) >= 11 is 0. The van der Waals surface area contributed by atoms with Gasteiger partial charge in [0, 0.05) is 30.5 Å². The van der Waals surface area contributed by atoms with E-state index in [1.165, 1.54) is 12.8 Å². The largest absolute Gasteiger partial charge is 0.375 e. The molecule has 0 amide bonds. The Morgan fingerprint density at radius 3 is 2.72 bits per heavy atom. The van der Waals surface area contributed by atoms with Crippen LogP contribution in [0.5, 0.6) is 0 Å². The van der Waals surface area contributed by atoms with Crippen LogP contribution in [-0.2, 0) is 4.74 Å². The molecule has 1 atom stereocenters. The summed E-state index contributed by atoms with van der Waals surface area (Å²) in [5, 5.41) is 0. The Morgan fingerprint density at radius 1 is 1.28 bits per heavy atom. The second-order valence-electron chi connectivity index (χ2n) is 5.53. The van der Waals surface area contributed by atoms with Crippen LogP contribution in [-0.4, -0.2) is 23.0 Å². The van der Waals surface area contributed by atoms with Crippen LogP contribution in [0.3, 0.4) is 0 Å². The summed E-state index contributed by atoms with van der Waals surface area (Å²) in [5.74, 6) is 0.409. The lowest BCUT2D eigenvalue weighted by Crippen LogP contribution is -2.39. The van der Waals surface area contributed by atoms with Gasteiger partial charge in [-0.2, -0.15) is 0 Å². The zero-order chi connectivity index (χ0) is 12.4. The van der Waals surface area contributed by atoms with Gasteiger partial charge in [-0.25, -0.2) is 0 Å². The topological polar surface area (TPSA) is 39.2 Å². The zero-order valence-corrected chi connectivity index (χ0v) is 10.6. The van der Waals surface area contributed by atoms with Crippen LogP contribution in [0.2, 0.25) is 0 Å². The standard InChI is InChI=1S/C15H19NO2/c17-14(12-3-8-16-9-4-12)13-5-10-18-15(11-13)6-1-2-7-15/h3-4,8-9,13H,1-2,5-7,10-11H2. The molecular weight excluding hydrogens is 226 g/mol. The second kappa shape index (κ2) is 4.81. The van der Waals surface area contributed by atoms with Crippen molar-refractivity contribution < 1.29 is 9.53 Å². The highest BCUT2D eigenvalue weighted by atomic mass is 16.5. The molecule has 0 radical (unpaired) electrons. The van der Waals surface area contributed by atoms with Gasteiger partial charge in [-0.05, 0) is 37.8 Å². The highest BCUT2D eigenvalue weighted by molar-refractivity contribution is 5.97. The number of pyridine rings is 1. The number of hydrogen-bond acceptors (Lipinski definition) is 3. The molecule has 3 heteroatoms. The molecule has 18 heavy (non-hydrogen) atoms. The minimum Gasteiger partial charge on any atom is -0.375 e. The number of Topliss-reactive ketones (excluding diaryl/α,β-unsaturated/α-hetero) is 1. The first kappa shape index (κ1) is 11.8. The summed E-state index contributed by atoms with van der Waals surface area (Å²) in [6.07, 6.45) is 9.92. The summed E-state index contributed by atoms with van der Waals surface area (Å²) in [4.78, 5) is 16.4. The Bertz CT molecular complexity index is 423. The number of carbonyl (C=O) groups is 1. The Kier molecular flexibility index (Phi) is 3.16. The van der Waals surface area contributed by atoms with Crippen molar-refractivity contribution in [3.63, 3.8) is 0 Å². The molecule has 1 saturated heterocycles. The molecule has 0 bridgehead atoms. The number of nitrogens with zero attached hydrogens (tertiary/aromatic N) is 1. The number of rotatable bonds is 2. The SMILES string of the molecule is O=C(c1ccncc1)C1CCOC2(CCCC2)C1. The highest BCUT2D eigenvalue weighted by Crippen LogP contribution is 2.42. The Labute approximate surface area is 108 Å². The molecule has 0 aromatic carbocycles. The Hall–Kier alpha value is -1.22. The first-order valence-corrected chi connectivity index (χ1v) is 6.87. The molecular formula is C15H19NO2. The molecule has 2 aliphatic rings. The third kappa shape index (κ3) is 2.19. The molecule has 1 aromatic rings. The maximum atomic E-state index is 12.5. The highest BCUT2D eigenvalue weighted by Gasteiger charge is 2.41. The van der Waals surface area contributed by atoms with Crippen LogP contribution in [0.25, 0.3) is 0 Å². The van der Waals surface area contributed by atoms with Gasteiger partial charge in [-0.3, -0.25) is 9.78 Å². The maximum Gasteiger partial charge on any atom is 0.166 e. The lowest BCUT2D eigenvalue weighted by Gasteiger charge is -2.37. The van der Waals surface area contributed by atoms with Gasteiger partial charge in [0.2, 0.25) is 0 Å². The molecule has 96 valence electrons. The van der Waals surface area contributed by atoms with Crippen molar-refractivity contribution >= 4 is 5.78 Å². The number of hydrogen-bond donors (Lipinski definition) is 0. The van der Waals surface area contributed by atoms with E-state index in [1.54, 1.807) is 12.4 Å². The van der Waals surface area contributed by atoms with E-state index in [9.17, 15) is 4.79 Å². The number of aromatic nitrogens is 1. The van der Waals surface area contributed by atoms with E-state index >= 15 is 0 Å². The van der Waals surface area contributed by atoms with Crippen molar-refractivity contribution in [2.75, 3.05) is 6.61 Å². The van der Waals surface area contributed by atoms with Gasteiger partial charge < -0.3 is 4.74 Å². The molecule has 0 N–H and O–H groups in total. The smallest absolute Gasteiger partial charge is 0.166 e. The van der Waals surface area contributed by atoms with E-state index in [2.05, 4.69) is 4.98 Å². The van der Waals surface area contributed by atoms with Crippen molar-refractivity contribution in [1.29, 1.82) is 0 Å². The van der Waals surface area contributed by atoms with Crippen LogP contribution in [0.15, 0.2) is 24.5 Å². The molecule has 3 rings (SSSR count). The summed E-state index contributed by atoms with van der Waals surface area (Å²) in [6, 6.07) is 3.64. The number of ketones is 1. The van der Waals surface area contributed by atoms with Crippen LogP contribution >= 0.6 is 0 Å². The van der Waals surface area contributed by atoms with Crippen LogP contribution < -0.4 is 0 Å². The van der Waals surface area contributed by atoms with Gasteiger partial charge >= 0.3 is 0 Å². The zero-order valence-electron chi connectivity index (χ0n) is 10.6. The van der Waals surface area contributed by atoms with Crippen molar-refractivity contribution in [3.8, 4) is 0 Å². The predicted octanol–water partition coefficient (Wildman–Crippen LogP) is 3.00. The van der Waals surface area contributed by atoms with Crippen LogP contribution in [0.4, 0.5) is 0 Å². The monoisotopic (exact) mass is 245 g/mol. The molecule has 1 aliphatic carbocycles. The average Bonchev–Trinajstić information content (AvgIpc) is 2.87. The summed E-state index contributed by atoms with van der Waals surface area (Å²) in [7, 11) is 0. The van der Waals surface area contributed by atoms with Crippen molar-refractivity contribution in [2.45, 2.75) is 44.1 Å². The molecule has 1 saturated carbocycles. The maximum absolute atomic E-state index is 12.5. The predicted molar refractivity (Wildman–Crippen MR) is 68.4 cm³/mol. The molecule has 1 aromatic heterocycles. The van der Waals surface area contributed by atoms with E-state index in [0.717, 1.165) is 37.9 Å². The van der Waals surface area contributed by atoms with E-state index in [1.807, 2.05) is 12.1 Å². The molecule has 2 heterocycles. The van der Waals surface area contributed by atoms with Gasteiger partial charge in [0.05, 0.1) is 5.60 Å². The van der Waals surface area contributed by atoms with Crippen LogP contribution in [0, 0.1) is 5.92 Å². The average molecular weight is 245 g/mol. The molecule has 3 nitrogen and oxygen atoms in total. The minimum atomic E-state index is 0.0195.